The molecule has 1 amide bonds. The van der Waals surface area contributed by atoms with Crippen LogP contribution in [0.2, 0.25) is 0 Å². The Morgan fingerprint density at radius 1 is 1.32 bits per heavy atom. The summed E-state index contributed by atoms with van der Waals surface area (Å²) in [5.74, 6) is 0.477. The molecule has 0 saturated heterocycles. The Kier molecular flexibility index (Phi) is 3.24. The molecule has 1 aromatic carbocycles. The van der Waals surface area contributed by atoms with Crippen LogP contribution >= 0.6 is 0 Å². The van der Waals surface area contributed by atoms with Gasteiger partial charge >= 0.3 is 0 Å². The molecule has 2 heterocycles. The minimum atomic E-state index is -0.202. The van der Waals surface area contributed by atoms with E-state index in [1.165, 1.54) is 6.20 Å². The number of amides is 1. The highest BCUT2D eigenvalue weighted by atomic mass is 16.3. The van der Waals surface area contributed by atoms with Crippen LogP contribution in [0.3, 0.4) is 0 Å². The van der Waals surface area contributed by atoms with Gasteiger partial charge in [-0.25, -0.2) is 4.98 Å². The van der Waals surface area contributed by atoms with Gasteiger partial charge in [-0.3, -0.25) is 9.48 Å². The molecule has 0 saturated carbocycles. The minimum Gasteiger partial charge on any atom is -0.440 e. The van der Waals surface area contributed by atoms with Crippen molar-refractivity contribution in [3.8, 4) is 0 Å². The zero-order chi connectivity index (χ0) is 15.9. The first-order valence-corrected chi connectivity index (χ1v) is 7.04. The van der Waals surface area contributed by atoms with Crippen LogP contribution in [0.4, 0.5) is 5.69 Å². The van der Waals surface area contributed by atoms with Crippen LogP contribution in [0.15, 0.2) is 35.0 Å². The number of nitrogens with one attached hydrogen (secondary N) is 1. The molecule has 3 aromatic rings. The predicted octanol–water partition coefficient (Wildman–Crippen LogP) is 3.11. The number of oxazole rings is 1. The summed E-state index contributed by atoms with van der Waals surface area (Å²) >= 11 is 0. The highest BCUT2D eigenvalue weighted by Gasteiger charge is 2.21. The third kappa shape index (κ3) is 2.72. The van der Waals surface area contributed by atoms with Crippen molar-refractivity contribution in [1.82, 2.24) is 14.8 Å². The number of nitrogens with zero attached hydrogens (tertiary/aromatic N) is 3. The number of carbonyl (C=O) groups is 1. The molecule has 0 fully saturated rings. The largest absolute Gasteiger partial charge is 0.440 e. The quantitative estimate of drug-likeness (QED) is 0.789. The predicted molar refractivity (Wildman–Crippen MR) is 83.9 cm³/mol. The van der Waals surface area contributed by atoms with Gasteiger partial charge in [0.1, 0.15) is 5.52 Å². The molecule has 0 aliphatic carbocycles. The third-order valence-corrected chi connectivity index (χ3v) is 3.25. The summed E-state index contributed by atoms with van der Waals surface area (Å²) in [7, 11) is 1.77. The van der Waals surface area contributed by atoms with Gasteiger partial charge in [-0.15, -0.1) is 0 Å². The van der Waals surface area contributed by atoms with Gasteiger partial charge in [-0.2, -0.15) is 5.10 Å². The summed E-state index contributed by atoms with van der Waals surface area (Å²) in [6.45, 7) is 6.13. The van der Waals surface area contributed by atoms with Crippen LogP contribution in [-0.2, 0) is 12.5 Å². The Balaban J connectivity index is 1.87. The molecule has 0 spiro atoms. The van der Waals surface area contributed by atoms with Crippen molar-refractivity contribution in [2.45, 2.75) is 26.2 Å². The lowest BCUT2D eigenvalue weighted by Crippen LogP contribution is -2.11. The van der Waals surface area contributed by atoms with Crippen LogP contribution in [0, 0.1) is 0 Å². The first kappa shape index (κ1) is 14.3. The van der Waals surface area contributed by atoms with Gasteiger partial charge in [-0.05, 0) is 18.2 Å². The van der Waals surface area contributed by atoms with E-state index in [4.69, 9.17) is 4.42 Å². The second-order valence-corrected chi connectivity index (χ2v) is 6.31. The van der Waals surface area contributed by atoms with Crippen LogP contribution < -0.4 is 5.32 Å². The van der Waals surface area contributed by atoms with Crippen LogP contribution in [-0.4, -0.2) is 20.7 Å². The van der Waals surface area contributed by atoms with Crippen molar-refractivity contribution in [3.05, 3.63) is 42.0 Å². The number of aromatic nitrogens is 3. The van der Waals surface area contributed by atoms with E-state index in [1.54, 1.807) is 24.0 Å². The highest BCUT2D eigenvalue weighted by molar-refractivity contribution is 6.04. The summed E-state index contributed by atoms with van der Waals surface area (Å²) in [5.41, 5.74) is 2.48. The lowest BCUT2D eigenvalue weighted by atomic mass is 9.97. The number of benzene rings is 1. The maximum atomic E-state index is 12.1. The number of hydrogen-bond acceptors (Lipinski definition) is 4. The molecular weight excluding hydrogens is 280 g/mol. The van der Waals surface area contributed by atoms with Crippen molar-refractivity contribution < 1.29 is 9.21 Å². The molecule has 0 bridgehead atoms. The lowest BCUT2D eigenvalue weighted by Gasteiger charge is -2.11. The molecule has 0 aliphatic rings. The molecular formula is C16H18N4O2. The molecule has 0 aliphatic heterocycles. The Morgan fingerprint density at radius 3 is 2.73 bits per heavy atom. The van der Waals surface area contributed by atoms with Crippen molar-refractivity contribution in [3.63, 3.8) is 0 Å². The fourth-order valence-corrected chi connectivity index (χ4v) is 2.07. The van der Waals surface area contributed by atoms with Crippen LogP contribution in [0.5, 0.6) is 0 Å². The monoisotopic (exact) mass is 298 g/mol. The van der Waals surface area contributed by atoms with Crippen LogP contribution in [0.1, 0.15) is 37.0 Å². The van der Waals surface area contributed by atoms with Gasteiger partial charge < -0.3 is 9.73 Å². The van der Waals surface area contributed by atoms with E-state index in [0.717, 1.165) is 5.52 Å². The number of fused-ring (bicyclic) bond motifs is 1. The maximum Gasteiger partial charge on any atom is 0.258 e. The molecule has 3 rings (SSSR count). The van der Waals surface area contributed by atoms with Gasteiger partial charge in [0.15, 0.2) is 5.58 Å². The highest BCUT2D eigenvalue weighted by Crippen LogP contribution is 2.27. The van der Waals surface area contributed by atoms with E-state index in [0.29, 0.717) is 22.7 Å². The van der Waals surface area contributed by atoms with Crippen LogP contribution in [0.25, 0.3) is 11.1 Å². The number of carbonyl (C=O) groups excluding carboxylic acids is 1. The average Bonchev–Trinajstić information content (AvgIpc) is 3.03. The Morgan fingerprint density at radius 2 is 2.09 bits per heavy atom. The fourth-order valence-electron chi connectivity index (χ4n) is 2.07. The van der Waals surface area contributed by atoms with Crippen molar-refractivity contribution >= 4 is 22.7 Å². The normalized spacial score (nSPS) is 11.8. The first-order valence-electron chi connectivity index (χ1n) is 7.04. The number of rotatable bonds is 2. The zero-order valence-corrected chi connectivity index (χ0v) is 13.0. The van der Waals surface area contributed by atoms with Crippen molar-refractivity contribution in [2.75, 3.05) is 5.32 Å². The van der Waals surface area contributed by atoms with Gasteiger partial charge in [0, 0.05) is 24.3 Å². The maximum absolute atomic E-state index is 12.1. The summed E-state index contributed by atoms with van der Waals surface area (Å²) in [6, 6.07) is 5.42. The molecule has 6 heteroatoms. The Labute approximate surface area is 128 Å². The standard InChI is InChI=1S/C16H18N4O2/c1-16(2,3)15-19-12-7-11(5-6-13(12)22-15)18-14(21)10-8-17-20(4)9-10/h5-9H,1-4H3,(H,18,21). The summed E-state index contributed by atoms with van der Waals surface area (Å²) < 4.78 is 7.33. The van der Waals surface area contributed by atoms with E-state index in [-0.39, 0.29) is 11.3 Å². The molecule has 0 radical (unpaired) electrons. The lowest BCUT2D eigenvalue weighted by molar-refractivity contribution is 0.102. The Bertz CT molecular complexity index is 839. The van der Waals surface area contributed by atoms with E-state index in [1.807, 2.05) is 32.9 Å². The summed E-state index contributed by atoms with van der Waals surface area (Å²) in [6.07, 6.45) is 3.20. The molecule has 1 N–H and O–H groups in total. The number of anilines is 1. The molecule has 2 aromatic heterocycles. The minimum absolute atomic E-state index is 0.155. The number of hydrogen-bond donors (Lipinski definition) is 1. The molecule has 0 atom stereocenters. The topological polar surface area (TPSA) is 73.0 Å². The zero-order valence-electron chi connectivity index (χ0n) is 13.0. The smallest absolute Gasteiger partial charge is 0.258 e. The average molecular weight is 298 g/mol. The molecule has 6 nitrogen and oxygen atoms in total. The van der Waals surface area contributed by atoms with Gasteiger partial charge in [0.05, 0.1) is 11.8 Å². The molecule has 0 unspecified atom stereocenters. The van der Waals surface area contributed by atoms with Crippen molar-refractivity contribution in [1.29, 1.82) is 0 Å². The second kappa shape index (κ2) is 4.98. The van der Waals surface area contributed by atoms with E-state index >= 15 is 0 Å². The van der Waals surface area contributed by atoms with E-state index in [2.05, 4.69) is 15.4 Å². The SMILES string of the molecule is Cn1cc(C(=O)Nc2ccc3oc(C(C)(C)C)nc3c2)cn1. The van der Waals surface area contributed by atoms with E-state index in [9.17, 15) is 4.79 Å². The summed E-state index contributed by atoms with van der Waals surface area (Å²) in [5, 5.41) is 6.83. The second-order valence-electron chi connectivity index (χ2n) is 6.31. The van der Waals surface area contributed by atoms with Crippen molar-refractivity contribution in [2.24, 2.45) is 7.05 Å². The third-order valence-electron chi connectivity index (χ3n) is 3.25. The molecule has 114 valence electrons. The Hall–Kier alpha value is -2.63. The van der Waals surface area contributed by atoms with Gasteiger partial charge in [0.2, 0.25) is 5.89 Å². The van der Waals surface area contributed by atoms with Gasteiger partial charge in [0.25, 0.3) is 5.91 Å². The van der Waals surface area contributed by atoms with E-state index < -0.39 is 0 Å². The fraction of sp³-hybridized carbons (Fsp3) is 0.312. The first-order chi connectivity index (χ1) is 10.3. The number of aryl methyl sites for hydroxylation is 1. The van der Waals surface area contributed by atoms with Gasteiger partial charge in [-0.1, -0.05) is 20.8 Å². The molecule has 22 heavy (non-hydrogen) atoms. The summed E-state index contributed by atoms with van der Waals surface area (Å²) in [4.78, 5) is 16.6.